The van der Waals surface area contributed by atoms with Gasteiger partial charge in [0.05, 0.1) is 30.6 Å². The Bertz CT molecular complexity index is 632. The van der Waals surface area contributed by atoms with Gasteiger partial charge in [-0.3, -0.25) is 4.98 Å². The molecule has 6 heteroatoms. The van der Waals surface area contributed by atoms with Gasteiger partial charge in [0.2, 0.25) is 0 Å². The molecule has 1 aliphatic heterocycles. The highest BCUT2D eigenvalue weighted by Gasteiger charge is 2.30. The predicted octanol–water partition coefficient (Wildman–Crippen LogP) is 2.29. The number of rotatable bonds is 4. The van der Waals surface area contributed by atoms with Crippen LogP contribution in [0, 0.1) is 5.92 Å². The van der Waals surface area contributed by atoms with Crippen LogP contribution in [0.15, 0.2) is 17.1 Å². The molecule has 0 amide bonds. The van der Waals surface area contributed by atoms with Crippen molar-refractivity contribution in [3.8, 4) is 0 Å². The Kier molecular flexibility index (Phi) is 5.02. The zero-order valence-corrected chi connectivity index (χ0v) is 14.5. The molecule has 3 rings (SSSR count). The maximum atomic E-state index is 11.9. The second-order valence-corrected chi connectivity index (χ2v) is 6.85. The number of hydrogen-bond acceptors (Lipinski definition) is 4. The Morgan fingerprint density at radius 1 is 1.33 bits per heavy atom. The van der Waals surface area contributed by atoms with Gasteiger partial charge in [0.25, 0.3) is 0 Å². The summed E-state index contributed by atoms with van der Waals surface area (Å²) in [4.78, 5) is 23.2. The maximum Gasteiger partial charge on any atom is 0.339 e. The summed E-state index contributed by atoms with van der Waals surface area (Å²) in [5.41, 5.74) is 8.39. The van der Waals surface area contributed by atoms with Crippen LogP contribution in [0.1, 0.15) is 60.3 Å². The monoisotopic (exact) mass is 330 g/mol. The minimum atomic E-state index is -0.318. The fraction of sp³-hybridized carbons (Fsp3) is 0.611. The van der Waals surface area contributed by atoms with Crippen LogP contribution in [0.25, 0.3) is 0 Å². The summed E-state index contributed by atoms with van der Waals surface area (Å²) < 4.78 is 4.85. The van der Waals surface area contributed by atoms with E-state index in [4.69, 9.17) is 10.5 Å². The Labute approximate surface area is 143 Å². The number of esters is 1. The quantitative estimate of drug-likeness (QED) is 0.520. The van der Waals surface area contributed by atoms with Crippen LogP contribution in [-0.2, 0) is 11.3 Å². The molecule has 130 valence electrons. The predicted molar refractivity (Wildman–Crippen MR) is 92.8 cm³/mol. The van der Waals surface area contributed by atoms with Crippen molar-refractivity contribution in [3.05, 3.63) is 29.1 Å². The van der Waals surface area contributed by atoms with Gasteiger partial charge in [-0.05, 0) is 43.7 Å². The molecular formula is C18H26N4O2. The molecule has 24 heavy (non-hydrogen) atoms. The first kappa shape index (κ1) is 16.7. The molecule has 1 aliphatic carbocycles. The number of carbonyl (C=O) groups is 1. The van der Waals surface area contributed by atoms with Gasteiger partial charge in [0.15, 0.2) is 5.96 Å². The van der Waals surface area contributed by atoms with Gasteiger partial charge in [0, 0.05) is 19.0 Å². The molecule has 1 saturated carbocycles. The standard InChI is InChI=1S/C18H26N4O2/c1-12-7-9-22(10-8-12)18(19)20-11-14-5-6-15(17(23)24-2)16(21-14)13-3-4-13/h5-6,12-13H,3-4,7-11H2,1-2H3,(H2,19,20). The number of methoxy groups -OCH3 is 1. The number of pyridine rings is 1. The number of nitrogens with zero attached hydrogens (tertiary/aromatic N) is 3. The Morgan fingerprint density at radius 2 is 2.04 bits per heavy atom. The molecule has 0 unspecified atom stereocenters. The van der Waals surface area contributed by atoms with E-state index in [1.807, 2.05) is 6.07 Å². The van der Waals surface area contributed by atoms with Gasteiger partial charge in [0.1, 0.15) is 0 Å². The van der Waals surface area contributed by atoms with Gasteiger partial charge >= 0.3 is 5.97 Å². The first-order chi connectivity index (χ1) is 11.6. The summed E-state index contributed by atoms with van der Waals surface area (Å²) in [5.74, 6) is 1.42. The summed E-state index contributed by atoms with van der Waals surface area (Å²) in [6.07, 6.45) is 4.48. The van der Waals surface area contributed by atoms with Crippen LogP contribution in [0.3, 0.4) is 0 Å². The Balaban J connectivity index is 1.70. The van der Waals surface area contributed by atoms with Crippen molar-refractivity contribution >= 4 is 11.9 Å². The number of piperidine rings is 1. The van der Waals surface area contributed by atoms with Gasteiger partial charge in [-0.25, -0.2) is 9.79 Å². The van der Waals surface area contributed by atoms with E-state index in [9.17, 15) is 4.79 Å². The van der Waals surface area contributed by atoms with Crippen molar-refractivity contribution in [3.63, 3.8) is 0 Å². The molecule has 6 nitrogen and oxygen atoms in total. The molecule has 0 spiro atoms. The third-order valence-electron chi connectivity index (χ3n) is 4.86. The van der Waals surface area contributed by atoms with Crippen molar-refractivity contribution in [1.29, 1.82) is 0 Å². The maximum absolute atomic E-state index is 11.9. The highest BCUT2D eigenvalue weighted by atomic mass is 16.5. The lowest BCUT2D eigenvalue weighted by Crippen LogP contribution is -2.42. The third kappa shape index (κ3) is 3.86. The molecule has 2 heterocycles. The zero-order valence-electron chi connectivity index (χ0n) is 14.5. The summed E-state index contributed by atoms with van der Waals surface area (Å²) >= 11 is 0. The van der Waals surface area contributed by atoms with Gasteiger partial charge in [-0.15, -0.1) is 0 Å². The number of aliphatic imine (C=N–C) groups is 1. The lowest BCUT2D eigenvalue weighted by atomic mass is 10.00. The molecule has 0 bridgehead atoms. The van der Waals surface area contributed by atoms with E-state index in [2.05, 4.69) is 21.8 Å². The second-order valence-electron chi connectivity index (χ2n) is 6.85. The SMILES string of the molecule is COC(=O)c1ccc(CN=C(N)N2CCC(C)CC2)nc1C1CC1. The van der Waals surface area contributed by atoms with E-state index in [1.54, 1.807) is 6.07 Å². The number of carbonyl (C=O) groups excluding carboxylic acids is 1. The second kappa shape index (κ2) is 7.20. The molecule has 2 aliphatic rings. The van der Waals surface area contributed by atoms with Crippen LogP contribution in [0.4, 0.5) is 0 Å². The highest BCUT2D eigenvalue weighted by molar-refractivity contribution is 5.90. The zero-order chi connectivity index (χ0) is 17.1. The fourth-order valence-electron chi connectivity index (χ4n) is 3.06. The molecule has 1 saturated heterocycles. The van der Waals surface area contributed by atoms with Gasteiger partial charge in [-0.2, -0.15) is 0 Å². The van der Waals surface area contributed by atoms with E-state index in [1.165, 1.54) is 7.11 Å². The topological polar surface area (TPSA) is 80.8 Å². The minimum absolute atomic E-state index is 0.318. The largest absolute Gasteiger partial charge is 0.465 e. The van der Waals surface area contributed by atoms with Gasteiger partial charge < -0.3 is 15.4 Å². The van der Waals surface area contributed by atoms with Crippen LogP contribution in [-0.4, -0.2) is 42.0 Å². The molecule has 2 N–H and O–H groups in total. The third-order valence-corrected chi connectivity index (χ3v) is 4.86. The molecule has 1 aromatic rings. The Morgan fingerprint density at radius 3 is 2.67 bits per heavy atom. The summed E-state index contributed by atoms with van der Waals surface area (Å²) in [6, 6.07) is 3.64. The number of ether oxygens (including phenoxy) is 1. The van der Waals surface area contributed by atoms with Crippen molar-refractivity contribution in [2.24, 2.45) is 16.6 Å². The smallest absolute Gasteiger partial charge is 0.339 e. The molecule has 0 atom stereocenters. The highest BCUT2D eigenvalue weighted by Crippen LogP contribution is 2.40. The lowest BCUT2D eigenvalue weighted by molar-refractivity contribution is 0.0598. The Hall–Kier alpha value is -2.11. The van der Waals surface area contributed by atoms with E-state index >= 15 is 0 Å². The molecule has 2 fully saturated rings. The lowest BCUT2D eigenvalue weighted by Gasteiger charge is -2.31. The molecule has 0 aromatic carbocycles. The molecule has 1 aromatic heterocycles. The minimum Gasteiger partial charge on any atom is -0.465 e. The van der Waals surface area contributed by atoms with Crippen molar-refractivity contribution in [2.45, 2.75) is 45.1 Å². The average Bonchev–Trinajstić information content (AvgIpc) is 3.44. The van der Waals surface area contributed by atoms with Gasteiger partial charge in [-0.1, -0.05) is 6.92 Å². The van der Waals surface area contributed by atoms with Crippen LogP contribution in [0.5, 0.6) is 0 Å². The van der Waals surface area contributed by atoms with E-state index in [-0.39, 0.29) is 5.97 Å². The number of guanidine groups is 1. The fourth-order valence-corrected chi connectivity index (χ4v) is 3.06. The van der Waals surface area contributed by atoms with E-state index < -0.39 is 0 Å². The number of likely N-dealkylation sites (tertiary alicyclic amines) is 1. The van der Waals surface area contributed by atoms with Crippen LogP contribution >= 0.6 is 0 Å². The van der Waals surface area contributed by atoms with Crippen LogP contribution < -0.4 is 5.73 Å². The molecule has 0 radical (unpaired) electrons. The summed E-state index contributed by atoms with van der Waals surface area (Å²) in [7, 11) is 1.40. The average molecular weight is 330 g/mol. The van der Waals surface area contributed by atoms with Crippen molar-refractivity contribution in [1.82, 2.24) is 9.88 Å². The number of hydrogen-bond donors (Lipinski definition) is 1. The van der Waals surface area contributed by atoms with E-state index in [0.717, 1.165) is 56.1 Å². The first-order valence-electron chi connectivity index (χ1n) is 8.71. The van der Waals surface area contributed by atoms with E-state index in [0.29, 0.717) is 24.0 Å². The van der Waals surface area contributed by atoms with Crippen molar-refractivity contribution < 1.29 is 9.53 Å². The first-order valence-corrected chi connectivity index (χ1v) is 8.71. The normalized spacial score (nSPS) is 19.4. The number of nitrogens with two attached hydrogens (primary N) is 1. The molecular weight excluding hydrogens is 304 g/mol. The van der Waals surface area contributed by atoms with Crippen LogP contribution in [0.2, 0.25) is 0 Å². The van der Waals surface area contributed by atoms with Crippen molar-refractivity contribution in [2.75, 3.05) is 20.2 Å². The number of aromatic nitrogens is 1. The summed E-state index contributed by atoms with van der Waals surface area (Å²) in [5, 5.41) is 0. The summed E-state index contributed by atoms with van der Waals surface area (Å²) in [6.45, 7) is 4.66.